The van der Waals surface area contributed by atoms with Crippen molar-refractivity contribution < 1.29 is 23.1 Å². The molecule has 1 N–H and O–H groups in total. The first kappa shape index (κ1) is 20.8. The van der Waals surface area contributed by atoms with E-state index in [1.165, 1.54) is 6.07 Å². The van der Waals surface area contributed by atoms with Crippen molar-refractivity contribution in [3.63, 3.8) is 0 Å². The first-order chi connectivity index (χ1) is 14.0. The number of alkyl halides is 2. The Morgan fingerprint density at radius 3 is 2.52 bits per heavy atom. The highest BCUT2D eigenvalue weighted by molar-refractivity contribution is 5.97. The van der Waals surface area contributed by atoms with E-state index in [0.717, 1.165) is 18.5 Å². The molecule has 29 heavy (non-hydrogen) atoms. The molecule has 3 rings (SSSR count). The van der Waals surface area contributed by atoms with Gasteiger partial charge in [-0.15, -0.1) is 0 Å². The molecule has 2 amide bonds. The molecule has 1 aliphatic heterocycles. The fourth-order valence-electron chi connectivity index (χ4n) is 3.48. The topological polar surface area (TPSA) is 58.6 Å². The Morgan fingerprint density at radius 1 is 1.14 bits per heavy atom. The molecule has 2 aromatic rings. The van der Waals surface area contributed by atoms with E-state index in [4.69, 9.17) is 0 Å². The molecule has 7 heteroatoms. The lowest BCUT2D eigenvalue weighted by atomic mass is 10.0. The van der Waals surface area contributed by atoms with Crippen LogP contribution >= 0.6 is 0 Å². The minimum atomic E-state index is -2.94. The van der Waals surface area contributed by atoms with Crippen molar-refractivity contribution in [2.24, 2.45) is 0 Å². The van der Waals surface area contributed by atoms with E-state index in [1.807, 2.05) is 6.92 Å². The molecule has 1 unspecified atom stereocenters. The molecule has 2 aromatic carbocycles. The Bertz CT molecular complexity index is 855. The molecule has 0 spiro atoms. The molecule has 1 aliphatic rings. The van der Waals surface area contributed by atoms with Crippen LogP contribution in [0.2, 0.25) is 0 Å². The smallest absolute Gasteiger partial charge is 0.387 e. The lowest BCUT2D eigenvalue weighted by molar-refractivity contribution is -0.119. The van der Waals surface area contributed by atoms with Gasteiger partial charge in [-0.3, -0.25) is 9.59 Å². The highest BCUT2D eigenvalue weighted by Crippen LogP contribution is 2.29. The van der Waals surface area contributed by atoms with E-state index >= 15 is 0 Å². The van der Waals surface area contributed by atoms with E-state index in [0.29, 0.717) is 30.5 Å². The average Bonchev–Trinajstić information content (AvgIpc) is 2.72. The molecule has 0 bridgehead atoms. The first-order valence-corrected chi connectivity index (χ1v) is 9.74. The molecule has 5 nitrogen and oxygen atoms in total. The minimum Gasteiger partial charge on any atom is -0.434 e. The number of para-hydroxylation sites is 1. The van der Waals surface area contributed by atoms with Crippen LogP contribution in [0.3, 0.4) is 0 Å². The number of carbonyl (C=O) groups is 2. The second kappa shape index (κ2) is 9.49. The number of nitrogens with zero attached hydrogens (tertiary/aromatic N) is 1. The summed E-state index contributed by atoms with van der Waals surface area (Å²) < 4.78 is 29.9. The van der Waals surface area contributed by atoms with Crippen LogP contribution in [0.25, 0.3) is 0 Å². The highest BCUT2D eigenvalue weighted by atomic mass is 19.3. The maximum atomic E-state index is 12.7. The fourth-order valence-corrected chi connectivity index (χ4v) is 3.48. The van der Waals surface area contributed by atoms with Crippen molar-refractivity contribution >= 4 is 17.5 Å². The molecule has 1 fully saturated rings. The summed E-state index contributed by atoms with van der Waals surface area (Å²) in [5.74, 6) is -0.177. The van der Waals surface area contributed by atoms with E-state index in [2.05, 4.69) is 10.1 Å². The van der Waals surface area contributed by atoms with Gasteiger partial charge < -0.3 is 15.0 Å². The maximum absolute atomic E-state index is 12.7. The third-order valence-electron chi connectivity index (χ3n) is 4.99. The summed E-state index contributed by atoms with van der Waals surface area (Å²) in [6, 6.07) is 12.8. The van der Waals surface area contributed by atoms with Gasteiger partial charge in [-0.25, -0.2) is 0 Å². The van der Waals surface area contributed by atoms with Crippen molar-refractivity contribution in [3.8, 4) is 5.75 Å². The van der Waals surface area contributed by atoms with Gasteiger partial charge in [0.1, 0.15) is 5.75 Å². The number of carbonyl (C=O) groups excluding carboxylic acids is 2. The van der Waals surface area contributed by atoms with Gasteiger partial charge in [0.15, 0.2) is 0 Å². The summed E-state index contributed by atoms with van der Waals surface area (Å²) in [7, 11) is 0. The van der Waals surface area contributed by atoms with Crippen LogP contribution in [0.5, 0.6) is 5.75 Å². The number of amides is 2. The van der Waals surface area contributed by atoms with Crippen LogP contribution in [-0.4, -0.2) is 25.0 Å². The molecular formula is C22H24F2N2O3. The lowest BCUT2D eigenvalue weighted by Crippen LogP contribution is -2.35. The van der Waals surface area contributed by atoms with Crippen LogP contribution in [0.1, 0.15) is 54.6 Å². The summed E-state index contributed by atoms with van der Waals surface area (Å²) >= 11 is 0. The normalized spacial score (nSPS) is 15.3. The van der Waals surface area contributed by atoms with Gasteiger partial charge in [0.05, 0.1) is 6.04 Å². The second-order valence-electron chi connectivity index (χ2n) is 6.90. The molecule has 0 radical (unpaired) electrons. The zero-order chi connectivity index (χ0) is 20.8. The van der Waals surface area contributed by atoms with Gasteiger partial charge in [-0.1, -0.05) is 25.1 Å². The Labute approximate surface area is 168 Å². The second-order valence-corrected chi connectivity index (χ2v) is 6.90. The fraction of sp³-hybridized carbons (Fsp3) is 0.364. The Hall–Kier alpha value is -2.96. The van der Waals surface area contributed by atoms with Crippen molar-refractivity contribution in [2.45, 2.75) is 45.3 Å². The van der Waals surface area contributed by atoms with Crippen LogP contribution in [0.4, 0.5) is 14.5 Å². The van der Waals surface area contributed by atoms with Crippen molar-refractivity contribution in [3.05, 3.63) is 59.7 Å². The molecule has 0 aromatic heterocycles. The van der Waals surface area contributed by atoms with Gasteiger partial charge in [0.25, 0.3) is 5.91 Å². The lowest BCUT2D eigenvalue weighted by Gasteiger charge is -2.27. The predicted molar refractivity (Wildman–Crippen MR) is 106 cm³/mol. The number of nitrogens with one attached hydrogen (secondary N) is 1. The number of rotatable bonds is 7. The van der Waals surface area contributed by atoms with E-state index < -0.39 is 12.7 Å². The SMILES string of the molecule is CCC(NC(=O)c1ccc(N2CCCCC2=O)cc1)c1ccccc1OC(F)F. The molecule has 0 aliphatic carbocycles. The maximum Gasteiger partial charge on any atom is 0.387 e. The molecular weight excluding hydrogens is 378 g/mol. The van der Waals surface area contributed by atoms with Crippen molar-refractivity contribution in [1.82, 2.24) is 5.32 Å². The van der Waals surface area contributed by atoms with Gasteiger partial charge >= 0.3 is 6.61 Å². The Balaban J connectivity index is 1.72. The summed E-state index contributed by atoms with van der Waals surface area (Å²) in [5.41, 5.74) is 1.71. The van der Waals surface area contributed by atoms with Crippen LogP contribution < -0.4 is 15.0 Å². The van der Waals surface area contributed by atoms with Gasteiger partial charge in [-0.05, 0) is 49.6 Å². The molecule has 1 saturated heterocycles. The number of piperidine rings is 1. The minimum absolute atomic E-state index is 0.0496. The summed E-state index contributed by atoms with van der Waals surface area (Å²) in [6.45, 7) is -0.396. The standard InChI is InChI=1S/C22H24F2N2O3/c1-2-18(17-7-3-4-8-19(17)29-22(23)24)25-21(28)15-10-12-16(13-11-15)26-14-6-5-9-20(26)27/h3-4,7-8,10-13,18,22H,2,5-6,9,14H2,1H3,(H,25,28). The third-order valence-corrected chi connectivity index (χ3v) is 4.99. The van der Waals surface area contributed by atoms with Gasteiger partial charge in [-0.2, -0.15) is 8.78 Å². The van der Waals surface area contributed by atoms with Crippen LogP contribution in [-0.2, 0) is 4.79 Å². The quantitative estimate of drug-likeness (QED) is 0.731. The molecule has 1 heterocycles. The zero-order valence-corrected chi connectivity index (χ0v) is 16.2. The van der Waals surface area contributed by atoms with Gasteiger partial charge in [0.2, 0.25) is 5.91 Å². The number of anilines is 1. The van der Waals surface area contributed by atoms with Crippen molar-refractivity contribution in [1.29, 1.82) is 0 Å². The van der Waals surface area contributed by atoms with Crippen LogP contribution in [0, 0.1) is 0 Å². The number of halogens is 2. The number of hydrogen-bond donors (Lipinski definition) is 1. The average molecular weight is 402 g/mol. The van der Waals surface area contributed by atoms with E-state index in [-0.39, 0.29) is 17.6 Å². The van der Waals surface area contributed by atoms with Gasteiger partial charge in [0, 0.05) is 29.8 Å². The number of hydrogen-bond acceptors (Lipinski definition) is 3. The van der Waals surface area contributed by atoms with Crippen LogP contribution in [0.15, 0.2) is 48.5 Å². The summed E-state index contributed by atoms with van der Waals surface area (Å²) in [5, 5.41) is 2.88. The highest BCUT2D eigenvalue weighted by Gasteiger charge is 2.21. The van der Waals surface area contributed by atoms with Crippen molar-refractivity contribution in [2.75, 3.05) is 11.4 Å². The van der Waals surface area contributed by atoms with E-state index in [9.17, 15) is 18.4 Å². The predicted octanol–water partition coefficient (Wildman–Crippen LogP) is 4.69. The number of benzene rings is 2. The molecule has 0 saturated carbocycles. The monoisotopic (exact) mass is 402 g/mol. The largest absolute Gasteiger partial charge is 0.434 e. The Kier molecular flexibility index (Phi) is 6.80. The third kappa shape index (κ3) is 5.10. The summed E-state index contributed by atoms with van der Waals surface area (Å²) in [4.78, 5) is 26.5. The first-order valence-electron chi connectivity index (χ1n) is 9.74. The summed E-state index contributed by atoms with van der Waals surface area (Å²) in [6.07, 6.45) is 2.92. The Morgan fingerprint density at radius 2 is 1.86 bits per heavy atom. The number of ether oxygens (including phenoxy) is 1. The van der Waals surface area contributed by atoms with E-state index in [1.54, 1.807) is 47.4 Å². The zero-order valence-electron chi connectivity index (χ0n) is 16.2. The molecule has 154 valence electrons. The molecule has 1 atom stereocenters.